The Labute approximate surface area is 242 Å². The Morgan fingerprint density at radius 1 is 0.925 bits per heavy atom. The zero-order valence-corrected chi connectivity index (χ0v) is 26.0. The molecule has 2 unspecified atom stereocenters. The van der Waals surface area contributed by atoms with Gasteiger partial charge in [0.25, 0.3) is 0 Å². The first kappa shape index (κ1) is 30.9. The highest BCUT2D eigenvalue weighted by Gasteiger charge is 2.59. The van der Waals surface area contributed by atoms with E-state index in [1.54, 1.807) is 0 Å². The van der Waals surface area contributed by atoms with Gasteiger partial charge in [-0.15, -0.1) is 0 Å². The molecule has 1 heterocycles. The Kier molecular flexibility index (Phi) is 9.19. The van der Waals surface area contributed by atoms with Gasteiger partial charge in [0.05, 0.1) is 12.7 Å². The van der Waals surface area contributed by atoms with E-state index in [2.05, 4.69) is 47.6 Å². The van der Waals surface area contributed by atoms with E-state index >= 15 is 0 Å². The summed E-state index contributed by atoms with van der Waals surface area (Å²) in [4.78, 5) is 0. The van der Waals surface area contributed by atoms with Crippen molar-refractivity contribution in [2.24, 2.45) is 52.3 Å². The fourth-order valence-corrected chi connectivity index (χ4v) is 10.1. The van der Waals surface area contributed by atoms with Crippen LogP contribution in [0.5, 0.6) is 0 Å². The number of rotatable bonds is 8. The molecule has 3 saturated carbocycles. The van der Waals surface area contributed by atoms with Crippen molar-refractivity contribution in [1.29, 1.82) is 0 Å². The molecule has 0 amide bonds. The molecule has 1 saturated heterocycles. The average Bonchev–Trinajstić information content (AvgIpc) is 3.29. The summed E-state index contributed by atoms with van der Waals surface area (Å²) < 4.78 is 11.9. The molecule has 4 N–H and O–H groups in total. The summed E-state index contributed by atoms with van der Waals surface area (Å²) >= 11 is 0. The normalized spacial score (nSPS) is 48.6. The Morgan fingerprint density at radius 3 is 2.38 bits per heavy atom. The van der Waals surface area contributed by atoms with Crippen LogP contribution in [0.25, 0.3) is 0 Å². The number of allylic oxidation sites excluding steroid dienone is 1. The minimum Gasteiger partial charge on any atom is -0.394 e. The molecular weight excluding hydrogens is 504 g/mol. The van der Waals surface area contributed by atoms with Gasteiger partial charge in [0, 0.05) is 0 Å². The number of ether oxygens (including phenoxy) is 2. The predicted octanol–water partition coefficient (Wildman–Crippen LogP) is 5.46. The van der Waals surface area contributed by atoms with Gasteiger partial charge >= 0.3 is 0 Å². The van der Waals surface area contributed by atoms with Crippen molar-refractivity contribution in [3.8, 4) is 0 Å². The monoisotopic (exact) mass is 562 g/mol. The van der Waals surface area contributed by atoms with Gasteiger partial charge in [0.2, 0.25) is 0 Å². The summed E-state index contributed by atoms with van der Waals surface area (Å²) in [6, 6.07) is 0. The van der Waals surface area contributed by atoms with Gasteiger partial charge in [-0.2, -0.15) is 0 Å². The Morgan fingerprint density at radius 2 is 1.68 bits per heavy atom. The summed E-state index contributed by atoms with van der Waals surface area (Å²) in [5.74, 6) is 5.60. The largest absolute Gasteiger partial charge is 0.394 e. The van der Waals surface area contributed by atoms with E-state index in [1.165, 1.54) is 50.5 Å². The van der Waals surface area contributed by atoms with Crippen LogP contribution in [0.1, 0.15) is 106 Å². The third-order valence-corrected chi connectivity index (χ3v) is 13.2. The van der Waals surface area contributed by atoms with Crippen LogP contribution in [0.3, 0.4) is 0 Å². The number of hydrogen-bond acceptors (Lipinski definition) is 6. The average molecular weight is 563 g/mol. The minimum absolute atomic E-state index is 0.101. The summed E-state index contributed by atoms with van der Waals surface area (Å²) in [6.07, 6.45) is 8.56. The molecule has 0 bridgehead atoms. The number of fused-ring (bicyclic) bond motifs is 5. The van der Waals surface area contributed by atoms with E-state index in [0.29, 0.717) is 5.41 Å². The molecule has 0 aromatic carbocycles. The lowest BCUT2D eigenvalue weighted by atomic mass is 9.47. The van der Waals surface area contributed by atoms with Crippen molar-refractivity contribution in [3.05, 3.63) is 11.6 Å². The maximum Gasteiger partial charge on any atom is 0.186 e. The minimum atomic E-state index is -1.40. The lowest BCUT2D eigenvalue weighted by molar-refractivity contribution is -0.313. The molecule has 6 nitrogen and oxygen atoms in total. The molecule has 230 valence electrons. The molecule has 0 radical (unpaired) electrons. The van der Waals surface area contributed by atoms with Crippen LogP contribution in [-0.2, 0) is 9.47 Å². The van der Waals surface area contributed by atoms with E-state index in [9.17, 15) is 20.4 Å². The van der Waals surface area contributed by atoms with Gasteiger partial charge in [-0.1, -0.05) is 66.0 Å². The van der Waals surface area contributed by atoms with Gasteiger partial charge in [0.15, 0.2) is 6.29 Å². The lowest BCUT2D eigenvalue weighted by Crippen LogP contribution is -2.60. The van der Waals surface area contributed by atoms with Crippen LogP contribution in [0, 0.1) is 52.3 Å². The van der Waals surface area contributed by atoms with Crippen LogP contribution >= 0.6 is 0 Å². The standard InChI is InChI=1S/C34H58O6/c1-19(2)20(3)7-8-21(4)25-11-12-26-24-10-9-22-17-23(13-15-33(22,5)27(24)14-16-34(25,26)6)39-32-31(38)30(37)29(36)28(18-35)40-32/h9,19-21,23-32,35-38H,7-8,10-18H2,1-6H3/t20-,21?,23-,24?,25+,26-,27-,28+,29+,30-,31+,32+,33-,34+/m0/s1. The second kappa shape index (κ2) is 11.9. The molecule has 0 aromatic rings. The van der Waals surface area contributed by atoms with Crippen LogP contribution in [-0.4, -0.2) is 63.8 Å². The van der Waals surface area contributed by atoms with Crippen LogP contribution in [0.4, 0.5) is 0 Å². The van der Waals surface area contributed by atoms with Crippen molar-refractivity contribution in [2.45, 2.75) is 143 Å². The van der Waals surface area contributed by atoms with Gasteiger partial charge in [0.1, 0.15) is 24.4 Å². The Bertz CT molecular complexity index is 903. The van der Waals surface area contributed by atoms with Crippen molar-refractivity contribution in [3.63, 3.8) is 0 Å². The van der Waals surface area contributed by atoms with Crippen molar-refractivity contribution in [2.75, 3.05) is 6.61 Å². The highest BCUT2D eigenvalue weighted by atomic mass is 16.7. The third-order valence-electron chi connectivity index (χ3n) is 13.2. The van der Waals surface area contributed by atoms with E-state index in [0.717, 1.165) is 60.7 Å². The van der Waals surface area contributed by atoms with E-state index in [-0.39, 0.29) is 11.5 Å². The van der Waals surface area contributed by atoms with Crippen molar-refractivity contribution in [1.82, 2.24) is 0 Å². The Balaban J connectivity index is 1.24. The smallest absolute Gasteiger partial charge is 0.186 e. The molecule has 5 rings (SSSR count). The Hall–Kier alpha value is -0.500. The van der Waals surface area contributed by atoms with Gasteiger partial charge in [-0.25, -0.2) is 0 Å². The molecule has 40 heavy (non-hydrogen) atoms. The molecule has 0 spiro atoms. The third kappa shape index (κ3) is 5.36. The zero-order valence-electron chi connectivity index (χ0n) is 26.0. The zero-order chi connectivity index (χ0) is 29.0. The maximum atomic E-state index is 10.5. The molecule has 4 fully saturated rings. The second-order valence-electron chi connectivity index (χ2n) is 15.5. The highest BCUT2D eigenvalue weighted by Crippen LogP contribution is 2.67. The van der Waals surface area contributed by atoms with Crippen LogP contribution in [0.2, 0.25) is 0 Å². The maximum absolute atomic E-state index is 10.5. The second-order valence-corrected chi connectivity index (χ2v) is 15.5. The molecule has 0 aromatic heterocycles. The van der Waals surface area contributed by atoms with Gasteiger partial charge in [-0.3, -0.25) is 0 Å². The highest BCUT2D eigenvalue weighted by molar-refractivity contribution is 5.25. The van der Waals surface area contributed by atoms with Crippen molar-refractivity contribution < 1.29 is 29.9 Å². The molecule has 14 atom stereocenters. The topological polar surface area (TPSA) is 99.4 Å². The summed E-state index contributed by atoms with van der Waals surface area (Å²) in [6.45, 7) is 14.4. The molecule has 4 aliphatic carbocycles. The fraction of sp³-hybridized carbons (Fsp3) is 0.941. The molecule has 1 aliphatic heterocycles. The van der Waals surface area contributed by atoms with Crippen LogP contribution < -0.4 is 0 Å². The predicted molar refractivity (Wildman–Crippen MR) is 156 cm³/mol. The van der Waals surface area contributed by atoms with Gasteiger partial charge in [-0.05, 0) is 104 Å². The van der Waals surface area contributed by atoms with Crippen molar-refractivity contribution >= 4 is 0 Å². The summed E-state index contributed by atoms with van der Waals surface area (Å²) in [5, 5.41) is 40.3. The van der Waals surface area contributed by atoms with Gasteiger partial charge < -0.3 is 29.9 Å². The number of aliphatic hydroxyl groups is 4. The lowest BCUT2D eigenvalue weighted by Gasteiger charge is -2.58. The summed E-state index contributed by atoms with van der Waals surface area (Å²) in [7, 11) is 0. The fourth-order valence-electron chi connectivity index (χ4n) is 10.1. The number of aliphatic hydroxyl groups excluding tert-OH is 4. The molecule has 6 heteroatoms. The molecular formula is C34H58O6. The SMILES string of the molecule is CC(CC[C@H](C)C(C)C)[C@H]1CC[C@H]2C3CC=C4C[C@@H](O[C@@H]5O[C@H](CO)[C@@H](O)[C@H](O)[C@H]5O)CC[C@]4(C)[C@H]3CC[C@]12C. The molecule has 5 aliphatic rings. The first-order chi connectivity index (χ1) is 18.9. The van der Waals surface area contributed by atoms with E-state index in [4.69, 9.17) is 9.47 Å². The first-order valence-corrected chi connectivity index (χ1v) is 16.6. The van der Waals surface area contributed by atoms with Crippen LogP contribution in [0.15, 0.2) is 11.6 Å². The first-order valence-electron chi connectivity index (χ1n) is 16.6. The number of hydrogen-bond donors (Lipinski definition) is 4. The van der Waals surface area contributed by atoms with E-state index in [1.807, 2.05) is 0 Å². The quantitative estimate of drug-likeness (QED) is 0.293. The van der Waals surface area contributed by atoms with E-state index < -0.39 is 37.3 Å². The summed E-state index contributed by atoms with van der Waals surface area (Å²) in [5.41, 5.74) is 2.19.